The fraction of sp³-hybridized carbons (Fsp3) is 0.480. The van der Waals surface area contributed by atoms with Gasteiger partial charge in [-0.05, 0) is 55.5 Å². The van der Waals surface area contributed by atoms with Crippen molar-refractivity contribution in [2.45, 2.75) is 50.8 Å². The van der Waals surface area contributed by atoms with Crippen LogP contribution in [0.1, 0.15) is 45.1 Å². The predicted octanol–water partition coefficient (Wildman–Crippen LogP) is 4.29. The van der Waals surface area contributed by atoms with Gasteiger partial charge in [-0.1, -0.05) is 32.0 Å². The van der Waals surface area contributed by atoms with Gasteiger partial charge in [-0.15, -0.1) is 0 Å². The molecule has 2 aromatic rings. The summed E-state index contributed by atoms with van der Waals surface area (Å²) in [5, 5.41) is 3.00. The highest BCUT2D eigenvalue weighted by Crippen LogP contribution is 2.32. The van der Waals surface area contributed by atoms with Crippen molar-refractivity contribution in [1.29, 1.82) is 0 Å². The van der Waals surface area contributed by atoms with Crippen LogP contribution in [0.25, 0.3) is 0 Å². The standard InChI is InChI=1S/C25H35N3O4S/c1-4-28(5-2)33(30,31)21-14-15-23(27-17-9-6-10-18-27)22(19-21)26-25(29)16-13-20-11-7-8-12-24(20)32-3/h7-8,11-12,14-15,19H,4-6,9-10,13,16-18H2,1-3H3,(H,26,29). The van der Waals surface area contributed by atoms with Gasteiger partial charge in [0, 0.05) is 32.6 Å². The molecule has 1 heterocycles. The number of hydrogen-bond donors (Lipinski definition) is 1. The maximum Gasteiger partial charge on any atom is 0.243 e. The zero-order chi connectivity index (χ0) is 23.8. The number of carbonyl (C=O) groups excluding carboxylic acids is 1. The number of aryl methyl sites for hydroxylation is 1. The molecule has 0 aromatic heterocycles. The van der Waals surface area contributed by atoms with Crippen LogP contribution in [0.5, 0.6) is 5.75 Å². The lowest BCUT2D eigenvalue weighted by molar-refractivity contribution is -0.116. The van der Waals surface area contributed by atoms with Crippen molar-refractivity contribution in [2.75, 3.05) is 43.5 Å². The summed E-state index contributed by atoms with van der Waals surface area (Å²) in [5.74, 6) is 0.600. The number of amides is 1. The summed E-state index contributed by atoms with van der Waals surface area (Å²) < 4.78 is 33.0. The van der Waals surface area contributed by atoms with Crippen molar-refractivity contribution >= 4 is 27.3 Å². The van der Waals surface area contributed by atoms with Crippen LogP contribution in [-0.4, -0.2) is 51.9 Å². The minimum Gasteiger partial charge on any atom is -0.496 e. The Morgan fingerprint density at radius 3 is 2.42 bits per heavy atom. The van der Waals surface area contributed by atoms with E-state index in [9.17, 15) is 13.2 Å². The molecule has 8 heteroatoms. The number of anilines is 2. The zero-order valence-corrected chi connectivity index (χ0v) is 20.7. The number of benzene rings is 2. The molecule has 0 atom stereocenters. The lowest BCUT2D eigenvalue weighted by Crippen LogP contribution is -2.32. The van der Waals surface area contributed by atoms with Crippen molar-refractivity contribution in [3.63, 3.8) is 0 Å². The Morgan fingerprint density at radius 2 is 1.76 bits per heavy atom. The fourth-order valence-corrected chi connectivity index (χ4v) is 5.75. The first-order valence-corrected chi connectivity index (χ1v) is 13.2. The number of para-hydroxylation sites is 1. The van der Waals surface area contributed by atoms with Gasteiger partial charge in [-0.2, -0.15) is 4.31 Å². The van der Waals surface area contributed by atoms with Gasteiger partial charge < -0.3 is 15.0 Å². The molecule has 1 N–H and O–H groups in total. The second-order valence-corrected chi connectivity index (χ2v) is 10.1. The molecule has 1 aliphatic rings. The van der Waals surface area contributed by atoms with Crippen LogP contribution < -0.4 is 15.0 Å². The monoisotopic (exact) mass is 473 g/mol. The van der Waals surface area contributed by atoms with Gasteiger partial charge in [0.05, 0.1) is 23.4 Å². The molecule has 1 amide bonds. The first-order valence-electron chi connectivity index (χ1n) is 11.7. The van der Waals surface area contributed by atoms with Crippen LogP contribution in [0.2, 0.25) is 0 Å². The minimum atomic E-state index is -3.62. The molecule has 0 aliphatic carbocycles. The van der Waals surface area contributed by atoms with Gasteiger partial charge in [-0.3, -0.25) is 4.79 Å². The van der Waals surface area contributed by atoms with Crippen molar-refractivity contribution in [2.24, 2.45) is 0 Å². The molecule has 0 bridgehead atoms. The van der Waals surface area contributed by atoms with E-state index in [2.05, 4.69) is 10.2 Å². The molecule has 7 nitrogen and oxygen atoms in total. The third-order valence-corrected chi connectivity index (χ3v) is 8.14. The first kappa shape index (κ1) is 25.1. The van der Waals surface area contributed by atoms with E-state index in [0.29, 0.717) is 25.2 Å². The first-order chi connectivity index (χ1) is 15.9. The van der Waals surface area contributed by atoms with E-state index in [4.69, 9.17) is 4.74 Å². The molecule has 33 heavy (non-hydrogen) atoms. The zero-order valence-electron chi connectivity index (χ0n) is 19.8. The number of methoxy groups -OCH3 is 1. The quantitative estimate of drug-likeness (QED) is 0.557. The second-order valence-electron chi connectivity index (χ2n) is 8.18. The van der Waals surface area contributed by atoms with Crippen LogP contribution >= 0.6 is 0 Å². The number of nitrogens with one attached hydrogen (secondary N) is 1. The smallest absolute Gasteiger partial charge is 0.243 e. The molecule has 2 aromatic carbocycles. The molecular weight excluding hydrogens is 438 g/mol. The number of rotatable bonds is 10. The summed E-state index contributed by atoms with van der Waals surface area (Å²) in [7, 11) is -2.01. The maximum absolute atomic E-state index is 13.1. The second kappa shape index (κ2) is 11.5. The van der Waals surface area contributed by atoms with Gasteiger partial charge in [0.2, 0.25) is 15.9 Å². The highest BCUT2D eigenvalue weighted by Gasteiger charge is 2.24. The third kappa shape index (κ3) is 6.06. The molecule has 1 saturated heterocycles. The summed E-state index contributed by atoms with van der Waals surface area (Å²) in [5.41, 5.74) is 2.39. The van der Waals surface area contributed by atoms with E-state index >= 15 is 0 Å². The Hall–Kier alpha value is -2.58. The Bertz CT molecular complexity index is 1050. The van der Waals surface area contributed by atoms with E-state index in [1.807, 2.05) is 44.2 Å². The number of piperidine rings is 1. The summed E-state index contributed by atoms with van der Waals surface area (Å²) in [4.78, 5) is 15.3. The number of nitrogens with zero attached hydrogens (tertiary/aromatic N) is 2. The van der Waals surface area contributed by atoms with Gasteiger partial charge >= 0.3 is 0 Å². The van der Waals surface area contributed by atoms with Gasteiger partial charge in [0.1, 0.15) is 5.75 Å². The highest BCUT2D eigenvalue weighted by atomic mass is 32.2. The molecule has 0 spiro atoms. The molecule has 1 fully saturated rings. The average Bonchev–Trinajstić information content (AvgIpc) is 2.84. The lowest BCUT2D eigenvalue weighted by atomic mass is 10.1. The van der Waals surface area contributed by atoms with Gasteiger partial charge in [-0.25, -0.2) is 8.42 Å². The van der Waals surface area contributed by atoms with Crippen LogP contribution in [0.4, 0.5) is 11.4 Å². The summed E-state index contributed by atoms with van der Waals surface area (Å²) in [6, 6.07) is 12.7. The Kier molecular flexibility index (Phi) is 8.74. The van der Waals surface area contributed by atoms with Crippen LogP contribution in [0.3, 0.4) is 0 Å². The summed E-state index contributed by atoms with van der Waals surface area (Å²) >= 11 is 0. The van der Waals surface area contributed by atoms with E-state index in [0.717, 1.165) is 42.9 Å². The van der Waals surface area contributed by atoms with Gasteiger partial charge in [0.25, 0.3) is 0 Å². The average molecular weight is 474 g/mol. The van der Waals surface area contributed by atoms with E-state index in [1.165, 1.54) is 10.7 Å². The molecule has 180 valence electrons. The number of hydrogen-bond acceptors (Lipinski definition) is 5. The fourth-order valence-electron chi connectivity index (χ4n) is 4.27. The highest BCUT2D eigenvalue weighted by molar-refractivity contribution is 7.89. The Balaban J connectivity index is 1.85. The SMILES string of the molecule is CCN(CC)S(=O)(=O)c1ccc(N2CCCCC2)c(NC(=O)CCc2ccccc2OC)c1. The van der Waals surface area contributed by atoms with Crippen molar-refractivity contribution in [1.82, 2.24) is 4.31 Å². The number of ether oxygens (including phenoxy) is 1. The third-order valence-electron chi connectivity index (χ3n) is 6.10. The molecule has 0 radical (unpaired) electrons. The maximum atomic E-state index is 13.1. The largest absolute Gasteiger partial charge is 0.496 e. The lowest BCUT2D eigenvalue weighted by Gasteiger charge is -2.31. The van der Waals surface area contributed by atoms with Crippen LogP contribution in [-0.2, 0) is 21.2 Å². The van der Waals surface area contributed by atoms with Gasteiger partial charge in [0.15, 0.2) is 0 Å². The van der Waals surface area contributed by atoms with E-state index in [1.54, 1.807) is 19.2 Å². The molecule has 1 aliphatic heterocycles. The summed E-state index contributed by atoms with van der Waals surface area (Å²) in [6.45, 7) is 6.23. The summed E-state index contributed by atoms with van der Waals surface area (Å²) in [6.07, 6.45) is 4.16. The van der Waals surface area contributed by atoms with E-state index < -0.39 is 10.0 Å². The van der Waals surface area contributed by atoms with Crippen molar-refractivity contribution in [3.05, 3.63) is 48.0 Å². The van der Waals surface area contributed by atoms with Crippen LogP contribution in [0, 0.1) is 0 Å². The predicted molar refractivity (Wildman–Crippen MR) is 133 cm³/mol. The van der Waals surface area contributed by atoms with Crippen molar-refractivity contribution in [3.8, 4) is 5.75 Å². The van der Waals surface area contributed by atoms with Crippen LogP contribution in [0.15, 0.2) is 47.4 Å². The van der Waals surface area contributed by atoms with Crippen molar-refractivity contribution < 1.29 is 17.9 Å². The normalized spacial score (nSPS) is 14.4. The van der Waals surface area contributed by atoms with E-state index in [-0.39, 0.29) is 17.2 Å². The molecule has 0 unspecified atom stereocenters. The minimum absolute atomic E-state index is 0.156. The topological polar surface area (TPSA) is 79.0 Å². The molecular formula is C25H35N3O4S. The number of sulfonamides is 1. The molecule has 0 saturated carbocycles. The number of carbonyl (C=O) groups is 1. The Morgan fingerprint density at radius 1 is 1.06 bits per heavy atom. The molecule has 3 rings (SSSR count). The Labute approximate surface area is 197 Å².